The Morgan fingerprint density at radius 1 is 0.939 bits per heavy atom. The molecule has 0 saturated carbocycles. The minimum Gasteiger partial charge on any atom is -1.00 e. The van der Waals surface area contributed by atoms with Crippen LogP contribution in [0.1, 0.15) is 31.8 Å². The predicted octanol–water partition coefficient (Wildman–Crippen LogP) is 0.346. The minimum atomic E-state index is -0.426. The van der Waals surface area contributed by atoms with E-state index in [4.69, 9.17) is 10.5 Å². The first-order chi connectivity index (χ1) is 15.4. The number of fused-ring (bicyclic) bond motifs is 2. The molecule has 1 aromatic heterocycles. The lowest BCUT2D eigenvalue weighted by molar-refractivity contribution is -0.617. The first-order valence-electron chi connectivity index (χ1n) is 10.5. The van der Waals surface area contributed by atoms with Crippen LogP contribution in [0.5, 0.6) is 5.75 Å². The second kappa shape index (κ2) is 10.1. The molecule has 1 amide bonds. The highest BCUT2D eigenvalue weighted by atomic mass is 79.9. The molecule has 0 saturated heterocycles. The number of aryl methyl sites for hydroxylation is 3. The Kier molecular flexibility index (Phi) is 7.46. The number of esters is 1. The lowest BCUT2D eigenvalue weighted by Gasteiger charge is -2.14. The number of halogens is 1. The maximum absolute atomic E-state index is 13.5. The number of ether oxygens (including phenoxy) is 1. The molecule has 3 aromatic carbocycles. The third-order valence-electron chi connectivity index (χ3n) is 5.62. The van der Waals surface area contributed by atoms with Gasteiger partial charge in [0.2, 0.25) is 11.0 Å². The lowest BCUT2D eigenvalue weighted by Crippen LogP contribution is -3.00. The van der Waals surface area contributed by atoms with Crippen LogP contribution in [0.2, 0.25) is 0 Å². The summed E-state index contributed by atoms with van der Waals surface area (Å²) >= 11 is 0. The molecule has 0 radical (unpaired) electrons. The highest BCUT2D eigenvalue weighted by molar-refractivity contribution is 6.13. The molecule has 0 fully saturated rings. The second-order valence-corrected chi connectivity index (χ2v) is 7.84. The van der Waals surface area contributed by atoms with E-state index in [9.17, 15) is 9.59 Å². The fourth-order valence-electron chi connectivity index (χ4n) is 4.12. The van der Waals surface area contributed by atoms with E-state index < -0.39 is 5.97 Å². The molecule has 3 N–H and O–H groups in total. The molecule has 0 bridgehead atoms. The Hall–Kier alpha value is -3.29. The number of aromatic nitrogens is 1. The Bertz CT molecular complexity index is 1290. The first-order valence-corrected chi connectivity index (χ1v) is 10.5. The number of nitrogens with zero attached hydrogens (tertiary/aromatic N) is 1. The van der Waals surface area contributed by atoms with E-state index >= 15 is 0 Å². The van der Waals surface area contributed by atoms with E-state index in [1.807, 2.05) is 69.4 Å². The Labute approximate surface area is 203 Å². The Balaban J connectivity index is 0.00000306. The van der Waals surface area contributed by atoms with Crippen molar-refractivity contribution >= 4 is 33.7 Å². The Morgan fingerprint density at radius 3 is 1.97 bits per heavy atom. The van der Waals surface area contributed by atoms with Gasteiger partial charge in [-0.05, 0) is 49.2 Å². The molecule has 0 atom stereocenters. The summed E-state index contributed by atoms with van der Waals surface area (Å²) in [5.41, 5.74) is 9.81. The third-order valence-corrected chi connectivity index (χ3v) is 5.62. The van der Waals surface area contributed by atoms with Gasteiger partial charge in [0.1, 0.15) is 12.8 Å². The highest BCUT2D eigenvalue weighted by Crippen LogP contribution is 2.29. The average Bonchev–Trinajstić information content (AvgIpc) is 2.80. The van der Waals surface area contributed by atoms with Gasteiger partial charge in [-0.25, -0.2) is 4.79 Å². The summed E-state index contributed by atoms with van der Waals surface area (Å²) in [6.45, 7) is 4.43. The van der Waals surface area contributed by atoms with Gasteiger partial charge in [0, 0.05) is 30.8 Å². The van der Waals surface area contributed by atoms with Gasteiger partial charge < -0.3 is 32.8 Å². The number of rotatable bonds is 5. The molecule has 0 aliphatic rings. The van der Waals surface area contributed by atoms with Crippen LogP contribution in [-0.4, -0.2) is 25.0 Å². The van der Waals surface area contributed by atoms with Crippen molar-refractivity contribution in [3.05, 3.63) is 82.9 Å². The van der Waals surface area contributed by atoms with Crippen LogP contribution in [0.25, 0.3) is 21.8 Å². The van der Waals surface area contributed by atoms with Crippen LogP contribution < -0.4 is 37.3 Å². The van der Waals surface area contributed by atoms with Gasteiger partial charge in [-0.3, -0.25) is 4.79 Å². The molecule has 4 aromatic rings. The van der Waals surface area contributed by atoms with Crippen molar-refractivity contribution in [2.24, 2.45) is 12.8 Å². The van der Waals surface area contributed by atoms with Crippen LogP contribution in [-0.2, 0) is 7.05 Å². The molecular formula is C26H26BrN3O3. The quantitative estimate of drug-likeness (QED) is 0.176. The number of carbonyl (C=O) groups excluding carboxylic acids is 2. The smallest absolute Gasteiger partial charge is 0.345 e. The van der Waals surface area contributed by atoms with Crippen LogP contribution >= 0.6 is 0 Å². The number of nitrogens with two attached hydrogens (primary N) is 1. The van der Waals surface area contributed by atoms with Gasteiger partial charge in [0.25, 0.3) is 5.91 Å². The van der Waals surface area contributed by atoms with Crippen molar-refractivity contribution in [1.82, 2.24) is 5.32 Å². The zero-order valence-electron chi connectivity index (χ0n) is 18.8. The molecule has 0 spiro atoms. The van der Waals surface area contributed by atoms with Gasteiger partial charge in [-0.2, -0.15) is 4.57 Å². The van der Waals surface area contributed by atoms with Crippen molar-refractivity contribution in [3.8, 4) is 5.75 Å². The molecule has 6 nitrogen and oxygen atoms in total. The van der Waals surface area contributed by atoms with E-state index in [0.717, 1.165) is 21.8 Å². The van der Waals surface area contributed by atoms with Crippen LogP contribution in [0.15, 0.2) is 60.7 Å². The number of nitrogens with one attached hydrogen (secondary N) is 1. The van der Waals surface area contributed by atoms with Crippen molar-refractivity contribution in [1.29, 1.82) is 0 Å². The average molecular weight is 508 g/mol. The molecule has 0 aliphatic carbocycles. The molecule has 33 heavy (non-hydrogen) atoms. The van der Waals surface area contributed by atoms with Crippen LogP contribution in [0.4, 0.5) is 0 Å². The number of benzene rings is 3. The first kappa shape index (κ1) is 24.4. The molecular weight excluding hydrogens is 482 g/mol. The maximum atomic E-state index is 13.5. The second-order valence-electron chi connectivity index (χ2n) is 7.84. The van der Waals surface area contributed by atoms with Gasteiger partial charge >= 0.3 is 5.97 Å². The molecule has 0 aliphatic heterocycles. The summed E-state index contributed by atoms with van der Waals surface area (Å²) < 4.78 is 8.01. The third kappa shape index (κ3) is 4.60. The number of amides is 1. The van der Waals surface area contributed by atoms with Crippen LogP contribution in [0, 0.1) is 13.8 Å². The Morgan fingerprint density at radius 2 is 1.45 bits per heavy atom. The number of para-hydroxylation sites is 2. The normalized spacial score (nSPS) is 10.7. The fraction of sp³-hybridized carbons (Fsp3) is 0.192. The van der Waals surface area contributed by atoms with Gasteiger partial charge in [-0.1, -0.05) is 24.3 Å². The van der Waals surface area contributed by atoms with E-state index in [1.54, 1.807) is 12.1 Å². The van der Waals surface area contributed by atoms with E-state index in [1.165, 1.54) is 0 Å². The summed E-state index contributed by atoms with van der Waals surface area (Å²) in [5.74, 6) is -0.164. The van der Waals surface area contributed by atoms with Crippen molar-refractivity contribution in [2.45, 2.75) is 13.8 Å². The zero-order valence-corrected chi connectivity index (χ0v) is 20.4. The summed E-state index contributed by atoms with van der Waals surface area (Å²) in [6.07, 6.45) is 0. The van der Waals surface area contributed by atoms with E-state index in [2.05, 4.69) is 9.88 Å². The maximum Gasteiger partial charge on any atom is 0.345 e. The van der Waals surface area contributed by atoms with Crippen molar-refractivity contribution in [2.75, 3.05) is 13.1 Å². The SMILES string of the molecule is Cc1cc(C(=O)NCCN)cc(C)c1OC(=O)c1c2ccccc2[n+](C)c2ccccc12.[Br-]. The van der Waals surface area contributed by atoms with Crippen LogP contribution in [0.3, 0.4) is 0 Å². The predicted molar refractivity (Wildman–Crippen MR) is 125 cm³/mol. The largest absolute Gasteiger partial charge is 1.00 e. The van der Waals surface area contributed by atoms with Gasteiger partial charge in [0.05, 0.1) is 16.3 Å². The minimum absolute atomic E-state index is 0. The summed E-state index contributed by atoms with van der Waals surface area (Å²) in [4.78, 5) is 25.8. The summed E-state index contributed by atoms with van der Waals surface area (Å²) in [7, 11) is 1.99. The standard InChI is InChI=1S/C26H25N3O3.BrH/c1-16-14-18(25(30)28-13-12-27)15-17(2)24(16)32-26(31)23-19-8-4-6-10-21(19)29(3)22-11-7-5-9-20(22)23;/h4-11,14-15H,12-13,27H2,1-3H3;1H. The number of carbonyl (C=O) groups is 2. The molecule has 7 heteroatoms. The summed E-state index contributed by atoms with van der Waals surface area (Å²) in [5, 5.41) is 4.41. The number of hydrogen-bond donors (Lipinski definition) is 2. The van der Waals surface area contributed by atoms with Crippen molar-refractivity contribution in [3.63, 3.8) is 0 Å². The summed E-state index contributed by atoms with van der Waals surface area (Å²) in [6, 6.07) is 19.0. The van der Waals surface area contributed by atoms with Gasteiger partial charge in [0.15, 0.2) is 0 Å². The van der Waals surface area contributed by atoms with E-state index in [0.29, 0.717) is 41.1 Å². The number of pyridine rings is 1. The van der Waals surface area contributed by atoms with E-state index in [-0.39, 0.29) is 22.9 Å². The number of hydrogen-bond acceptors (Lipinski definition) is 4. The lowest BCUT2D eigenvalue weighted by atomic mass is 10.0. The fourth-order valence-corrected chi connectivity index (χ4v) is 4.12. The molecule has 0 unspecified atom stereocenters. The molecule has 4 rings (SSSR count). The zero-order chi connectivity index (χ0) is 22.8. The van der Waals surface area contributed by atoms with Gasteiger partial charge in [-0.15, -0.1) is 0 Å². The molecule has 170 valence electrons. The van der Waals surface area contributed by atoms with Crippen molar-refractivity contribution < 1.29 is 35.9 Å². The topological polar surface area (TPSA) is 85.3 Å². The highest BCUT2D eigenvalue weighted by Gasteiger charge is 2.24. The molecule has 1 heterocycles. The monoisotopic (exact) mass is 507 g/mol.